The van der Waals surface area contributed by atoms with Crippen LogP contribution in [-0.4, -0.2) is 21.2 Å². The van der Waals surface area contributed by atoms with Crippen molar-refractivity contribution in [3.63, 3.8) is 0 Å². The van der Waals surface area contributed by atoms with Crippen molar-refractivity contribution in [2.75, 3.05) is 6.26 Å². The van der Waals surface area contributed by atoms with E-state index in [0.717, 1.165) is 5.39 Å². The van der Waals surface area contributed by atoms with Crippen LogP contribution in [0.4, 0.5) is 0 Å². The van der Waals surface area contributed by atoms with Gasteiger partial charge in [-0.1, -0.05) is 41.0 Å². The van der Waals surface area contributed by atoms with Gasteiger partial charge in [-0.05, 0) is 24.5 Å². The molecule has 21 heavy (non-hydrogen) atoms. The number of rotatable bonds is 2. The summed E-state index contributed by atoms with van der Waals surface area (Å²) in [5, 5.41) is 2.17. The van der Waals surface area contributed by atoms with Crippen molar-refractivity contribution in [3.8, 4) is 11.1 Å². The maximum Gasteiger partial charge on any atom is 0.257 e. The third-order valence-electron chi connectivity index (χ3n) is 2.99. The summed E-state index contributed by atoms with van der Waals surface area (Å²) in [7, 11) is 0. The fourth-order valence-corrected chi connectivity index (χ4v) is 2.96. The first-order valence-electron chi connectivity index (χ1n) is 5.98. The van der Waals surface area contributed by atoms with E-state index in [4.69, 9.17) is 23.2 Å². The monoisotopic (exact) mass is 337 g/mol. The van der Waals surface area contributed by atoms with Gasteiger partial charge in [0.2, 0.25) is 0 Å². The Hall–Kier alpha value is -1.56. The van der Waals surface area contributed by atoms with Crippen molar-refractivity contribution < 1.29 is 0 Å². The van der Waals surface area contributed by atoms with Gasteiger partial charge in [0.25, 0.3) is 5.56 Å². The largest absolute Gasteiger partial charge is 0.306 e. The molecule has 0 saturated carbocycles. The second-order valence-electron chi connectivity index (χ2n) is 4.27. The van der Waals surface area contributed by atoms with Crippen molar-refractivity contribution in [1.82, 2.24) is 15.0 Å². The molecule has 0 bridgehead atoms. The van der Waals surface area contributed by atoms with E-state index in [2.05, 4.69) is 15.0 Å². The molecule has 0 spiro atoms. The summed E-state index contributed by atoms with van der Waals surface area (Å²) in [5.74, 6) is 0. The van der Waals surface area contributed by atoms with Crippen molar-refractivity contribution in [3.05, 3.63) is 50.9 Å². The lowest BCUT2D eigenvalue weighted by Crippen LogP contribution is -2.10. The number of hydrogen-bond donors (Lipinski definition) is 1. The molecule has 0 atom stereocenters. The van der Waals surface area contributed by atoms with E-state index in [0.29, 0.717) is 32.0 Å². The second kappa shape index (κ2) is 5.67. The Bertz CT molecular complexity index is 875. The van der Waals surface area contributed by atoms with Gasteiger partial charge in [-0.25, -0.2) is 9.97 Å². The molecule has 0 radical (unpaired) electrons. The van der Waals surface area contributed by atoms with Crippen molar-refractivity contribution >= 4 is 46.0 Å². The maximum atomic E-state index is 12.3. The van der Waals surface area contributed by atoms with Crippen LogP contribution in [0, 0.1) is 0 Å². The van der Waals surface area contributed by atoms with Crippen LogP contribution in [0.5, 0.6) is 0 Å². The van der Waals surface area contributed by atoms with E-state index in [9.17, 15) is 4.79 Å². The van der Waals surface area contributed by atoms with Gasteiger partial charge in [-0.2, -0.15) is 0 Å². The number of thioether (sulfide) groups is 1. The number of H-pyrrole nitrogens is 1. The molecule has 7 heteroatoms. The van der Waals surface area contributed by atoms with E-state index in [1.165, 1.54) is 11.8 Å². The van der Waals surface area contributed by atoms with E-state index >= 15 is 0 Å². The molecule has 0 saturated heterocycles. The van der Waals surface area contributed by atoms with Crippen LogP contribution in [0.1, 0.15) is 0 Å². The van der Waals surface area contributed by atoms with Gasteiger partial charge in [-0.3, -0.25) is 4.79 Å². The van der Waals surface area contributed by atoms with E-state index in [-0.39, 0.29) is 5.56 Å². The zero-order valence-corrected chi connectivity index (χ0v) is 13.2. The van der Waals surface area contributed by atoms with Crippen LogP contribution in [0.15, 0.2) is 40.4 Å². The van der Waals surface area contributed by atoms with E-state index in [1.54, 1.807) is 30.5 Å². The first kappa shape index (κ1) is 14.4. The molecule has 0 amide bonds. The van der Waals surface area contributed by atoms with Crippen LogP contribution in [-0.2, 0) is 0 Å². The fourth-order valence-electron chi connectivity index (χ4n) is 2.02. The lowest BCUT2D eigenvalue weighted by atomic mass is 10.1. The van der Waals surface area contributed by atoms with Gasteiger partial charge in [-0.15, -0.1) is 0 Å². The molecule has 1 aromatic carbocycles. The summed E-state index contributed by atoms with van der Waals surface area (Å²) < 4.78 is 0. The average molecular weight is 338 g/mol. The Balaban J connectivity index is 2.29. The Morgan fingerprint density at radius 3 is 2.62 bits per heavy atom. The highest BCUT2D eigenvalue weighted by Gasteiger charge is 2.13. The zero-order chi connectivity index (χ0) is 15.0. The molecule has 4 nitrogen and oxygen atoms in total. The molecule has 0 fully saturated rings. The summed E-state index contributed by atoms with van der Waals surface area (Å²) >= 11 is 13.7. The highest BCUT2D eigenvalue weighted by Crippen LogP contribution is 2.33. The Morgan fingerprint density at radius 1 is 1.24 bits per heavy atom. The fraction of sp³-hybridized carbons (Fsp3) is 0.0714. The second-order valence-corrected chi connectivity index (χ2v) is 5.86. The predicted molar refractivity (Wildman–Crippen MR) is 87.4 cm³/mol. The highest BCUT2D eigenvalue weighted by atomic mass is 35.5. The minimum atomic E-state index is -0.289. The smallest absolute Gasteiger partial charge is 0.257 e. The Labute approximate surface area is 134 Å². The summed E-state index contributed by atoms with van der Waals surface area (Å²) in [6.07, 6.45) is 3.54. The number of hydrogen-bond acceptors (Lipinski definition) is 4. The third-order valence-corrected chi connectivity index (χ3v) is 4.18. The van der Waals surface area contributed by atoms with Gasteiger partial charge < -0.3 is 4.98 Å². The normalized spacial score (nSPS) is 11.0. The van der Waals surface area contributed by atoms with Crippen molar-refractivity contribution in [2.24, 2.45) is 0 Å². The summed E-state index contributed by atoms with van der Waals surface area (Å²) in [4.78, 5) is 23.5. The Kier molecular flexibility index (Phi) is 3.89. The number of aromatic amines is 1. The summed E-state index contributed by atoms with van der Waals surface area (Å²) in [6, 6.07) is 6.82. The van der Waals surface area contributed by atoms with E-state index in [1.807, 2.05) is 6.26 Å². The average Bonchev–Trinajstić information content (AvgIpc) is 2.47. The van der Waals surface area contributed by atoms with Crippen LogP contribution >= 0.6 is 35.0 Å². The van der Waals surface area contributed by atoms with Crippen molar-refractivity contribution in [1.29, 1.82) is 0 Å². The molecule has 0 unspecified atom stereocenters. The minimum absolute atomic E-state index is 0.289. The molecule has 3 aromatic rings. The lowest BCUT2D eigenvalue weighted by Gasteiger charge is -2.07. The van der Waals surface area contributed by atoms with Crippen LogP contribution < -0.4 is 5.56 Å². The number of halogens is 2. The van der Waals surface area contributed by atoms with Gasteiger partial charge in [0.1, 0.15) is 5.65 Å². The minimum Gasteiger partial charge on any atom is -0.306 e. The molecular weight excluding hydrogens is 329 g/mol. The lowest BCUT2D eigenvalue weighted by molar-refractivity contribution is 0.988. The quantitative estimate of drug-likeness (QED) is 0.566. The number of pyridine rings is 1. The molecule has 0 aliphatic rings. The summed E-state index contributed by atoms with van der Waals surface area (Å²) in [5.41, 5.74) is 1.12. The number of aromatic nitrogens is 3. The molecule has 106 valence electrons. The first-order chi connectivity index (χ1) is 10.1. The van der Waals surface area contributed by atoms with Gasteiger partial charge in [0.15, 0.2) is 5.16 Å². The predicted octanol–water partition coefficient (Wildman–Crippen LogP) is 4.01. The number of nitrogens with one attached hydrogen (secondary N) is 1. The first-order valence-corrected chi connectivity index (χ1v) is 7.96. The maximum absolute atomic E-state index is 12.3. The molecular formula is C14H9Cl2N3OS. The molecule has 2 heterocycles. The third kappa shape index (κ3) is 2.64. The molecule has 2 aromatic heterocycles. The topological polar surface area (TPSA) is 58.6 Å². The number of nitrogens with zero attached hydrogens (tertiary/aromatic N) is 2. The number of fused-ring (bicyclic) bond motifs is 1. The molecule has 0 aliphatic heterocycles. The van der Waals surface area contributed by atoms with Crippen LogP contribution in [0.25, 0.3) is 22.2 Å². The van der Waals surface area contributed by atoms with Gasteiger partial charge >= 0.3 is 0 Å². The summed E-state index contributed by atoms with van der Waals surface area (Å²) in [6.45, 7) is 0. The molecule has 0 aliphatic carbocycles. The SMILES string of the molecule is CSc1ncc2cc(-c3c(Cl)cccc3Cl)c(=O)[nH]c2n1. The van der Waals surface area contributed by atoms with Crippen LogP contribution in [0.2, 0.25) is 10.0 Å². The van der Waals surface area contributed by atoms with Crippen molar-refractivity contribution in [2.45, 2.75) is 5.16 Å². The Morgan fingerprint density at radius 2 is 1.95 bits per heavy atom. The standard InChI is InChI=1S/C14H9Cl2N3OS/c1-21-14-17-6-7-5-8(13(20)18-12(7)19-14)11-9(15)3-2-4-10(11)16/h2-6H,1H3,(H,17,18,19,20). The van der Waals surface area contributed by atoms with Gasteiger partial charge in [0.05, 0.1) is 15.6 Å². The zero-order valence-electron chi connectivity index (χ0n) is 10.9. The molecule has 3 rings (SSSR count). The molecule has 1 N–H and O–H groups in total. The van der Waals surface area contributed by atoms with Gasteiger partial charge in [0, 0.05) is 17.1 Å². The van der Waals surface area contributed by atoms with E-state index < -0.39 is 0 Å². The number of benzene rings is 1. The highest BCUT2D eigenvalue weighted by molar-refractivity contribution is 7.98. The van der Waals surface area contributed by atoms with Crippen LogP contribution in [0.3, 0.4) is 0 Å².